The molecule has 0 aliphatic carbocycles. The lowest BCUT2D eigenvalue weighted by atomic mass is 10.1. The van der Waals surface area contributed by atoms with Crippen molar-refractivity contribution in [3.63, 3.8) is 0 Å². The molecule has 9 nitrogen and oxygen atoms in total. The predicted octanol–water partition coefficient (Wildman–Crippen LogP) is 1.22. The summed E-state index contributed by atoms with van der Waals surface area (Å²) in [6.07, 6.45) is 2.16. The molecule has 124 valence electrons. The average Bonchev–Trinajstić information content (AvgIpc) is 3.21. The molecule has 0 radical (unpaired) electrons. The van der Waals surface area contributed by atoms with Gasteiger partial charge in [-0.05, 0) is 21.9 Å². The van der Waals surface area contributed by atoms with Crippen LogP contribution in [0, 0.1) is 5.92 Å². The molecule has 2 aromatic heterocycles. The second-order valence-corrected chi connectivity index (χ2v) is 5.80. The van der Waals surface area contributed by atoms with Gasteiger partial charge in [0.2, 0.25) is 5.95 Å². The zero-order valence-corrected chi connectivity index (χ0v) is 13.4. The highest BCUT2D eigenvalue weighted by Crippen LogP contribution is 2.18. The van der Waals surface area contributed by atoms with E-state index in [9.17, 15) is 4.79 Å². The van der Waals surface area contributed by atoms with Crippen LogP contribution in [0.4, 0.5) is 5.95 Å². The van der Waals surface area contributed by atoms with Crippen LogP contribution in [0.25, 0.3) is 0 Å². The van der Waals surface area contributed by atoms with Crippen LogP contribution in [0.5, 0.6) is 0 Å². The number of amides is 1. The maximum Gasteiger partial charge on any atom is 0.256 e. The lowest BCUT2D eigenvalue weighted by Crippen LogP contribution is -2.28. The maximum atomic E-state index is 12.7. The molecule has 0 saturated heterocycles. The Bertz CT molecular complexity index is 781. The fourth-order valence-electron chi connectivity index (χ4n) is 2.35. The van der Waals surface area contributed by atoms with E-state index >= 15 is 0 Å². The molecule has 0 spiro atoms. The number of hydrogen-bond acceptors (Lipinski definition) is 6. The van der Waals surface area contributed by atoms with Crippen LogP contribution in [0.3, 0.4) is 0 Å². The number of nitrogens with zero attached hydrogens (tertiary/aromatic N) is 6. The maximum absolute atomic E-state index is 12.7. The monoisotopic (exact) mass is 326 g/mol. The second-order valence-electron chi connectivity index (χ2n) is 5.80. The minimum atomic E-state index is -0.701. The fraction of sp³-hybridized carbons (Fsp3) is 0.333. The highest BCUT2D eigenvalue weighted by molar-refractivity contribution is 5.94. The molecular weight excluding hydrogens is 308 g/mol. The van der Waals surface area contributed by atoms with E-state index < -0.39 is 6.04 Å². The molecule has 0 fully saturated rings. The first-order chi connectivity index (χ1) is 11.6. The van der Waals surface area contributed by atoms with Crippen molar-refractivity contribution in [3.8, 4) is 0 Å². The number of rotatable bonds is 6. The summed E-state index contributed by atoms with van der Waals surface area (Å²) in [6, 6.07) is 8.57. The van der Waals surface area contributed by atoms with Crippen molar-refractivity contribution in [2.75, 3.05) is 5.32 Å². The van der Waals surface area contributed by atoms with E-state index in [1.54, 1.807) is 0 Å². The zero-order valence-electron chi connectivity index (χ0n) is 13.4. The van der Waals surface area contributed by atoms with Gasteiger partial charge in [-0.2, -0.15) is 4.98 Å². The number of tetrazole rings is 1. The molecule has 0 bridgehead atoms. The molecule has 0 aliphatic heterocycles. The van der Waals surface area contributed by atoms with Crippen molar-refractivity contribution < 1.29 is 4.79 Å². The minimum absolute atomic E-state index is 0.240. The van der Waals surface area contributed by atoms with Crippen LogP contribution in [-0.2, 0) is 11.2 Å². The Kier molecular flexibility index (Phi) is 4.59. The molecule has 9 heteroatoms. The minimum Gasteiger partial charge on any atom is -0.291 e. The Labute approximate surface area is 138 Å². The highest BCUT2D eigenvalue weighted by Gasteiger charge is 2.25. The molecule has 0 unspecified atom stereocenters. The van der Waals surface area contributed by atoms with Crippen molar-refractivity contribution in [2.24, 2.45) is 5.92 Å². The van der Waals surface area contributed by atoms with E-state index in [0.717, 1.165) is 17.8 Å². The molecule has 2 heterocycles. The highest BCUT2D eigenvalue weighted by atomic mass is 16.2. The number of aromatic nitrogens is 7. The van der Waals surface area contributed by atoms with Crippen molar-refractivity contribution in [1.29, 1.82) is 0 Å². The molecule has 2 N–H and O–H groups in total. The molecule has 1 amide bonds. The van der Waals surface area contributed by atoms with Gasteiger partial charge in [0.15, 0.2) is 6.04 Å². The lowest BCUT2D eigenvalue weighted by molar-refractivity contribution is -0.118. The molecule has 1 aromatic carbocycles. The van der Waals surface area contributed by atoms with E-state index in [1.807, 2.05) is 30.3 Å². The van der Waals surface area contributed by atoms with Gasteiger partial charge in [0.25, 0.3) is 5.91 Å². The zero-order chi connectivity index (χ0) is 16.9. The van der Waals surface area contributed by atoms with E-state index in [-0.39, 0.29) is 11.9 Å². The standard InChI is InChI=1S/C15H18N8O/c1-10(2)8-12-17-15(20-19-12)18-14(24)13(23-9-16-21-22-23)11-6-4-3-5-7-11/h3-7,9-10,13H,8H2,1-2H3,(H2,17,18,19,20,24)/t13-/m1/s1. The third kappa shape index (κ3) is 3.62. The molecule has 1 atom stereocenters. The van der Waals surface area contributed by atoms with Gasteiger partial charge >= 0.3 is 0 Å². The van der Waals surface area contributed by atoms with Crippen LogP contribution in [0.15, 0.2) is 36.7 Å². The summed E-state index contributed by atoms with van der Waals surface area (Å²) in [5.41, 5.74) is 0.764. The summed E-state index contributed by atoms with van der Waals surface area (Å²) >= 11 is 0. The van der Waals surface area contributed by atoms with Crippen LogP contribution >= 0.6 is 0 Å². The number of nitrogens with one attached hydrogen (secondary N) is 2. The smallest absolute Gasteiger partial charge is 0.256 e. The van der Waals surface area contributed by atoms with Gasteiger partial charge in [0.05, 0.1) is 0 Å². The number of carbonyl (C=O) groups excluding carboxylic acids is 1. The fourth-order valence-corrected chi connectivity index (χ4v) is 2.35. The average molecular weight is 326 g/mol. The first-order valence-electron chi connectivity index (χ1n) is 7.63. The second kappa shape index (κ2) is 6.99. The van der Waals surface area contributed by atoms with Gasteiger partial charge in [0.1, 0.15) is 12.2 Å². The number of hydrogen-bond donors (Lipinski definition) is 2. The molecular formula is C15H18N8O. The Hall–Kier alpha value is -3.10. The number of carbonyl (C=O) groups is 1. The summed E-state index contributed by atoms with van der Waals surface area (Å²) in [5.74, 6) is 1.10. The third-order valence-electron chi connectivity index (χ3n) is 3.36. The summed E-state index contributed by atoms with van der Waals surface area (Å²) in [5, 5.41) is 20.7. The quantitative estimate of drug-likeness (QED) is 0.704. The summed E-state index contributed by atoms with van der Waals surface area (Å²) in [7, 11) is 0. The first-order valence-corrected chi connectivity index (χ1v) is 7.63. The molecule has 0 aliphatic rings. The van der Waals surface area contributed by atoms with Crippen LogP contribution in [0.1, 0.15) is 31.3 Å². The summed E-state index contributed by atoms with van der Waals surface area (Å²) in [4.78, 5) is 17.0. The molecule has 3 rings (SSSR count). The third-order valence-corrected chi connectivity index (χ3v) is 3.36. The topological polar surface area (TPSA) is 114 Å². The largest absolute Gasteiger partial charge is 0.291 e. The SMILES string of the molecule is CC(C)Cc1nc(NC(=O)[C@@H](c2ccccc2)n2cnnn2)n[nH]1. The predicted molar refractivity (Wildman–Crippen MR) is 86.0 cm³/mol. The van der Waals surface area contributed by atoms with E-state index in [2.05, 4.69) is 49.9 Å². The Morgan fingerprint density at radius 1 is 1.29 bits per heavy atom. The van der Waals surface area contributed by atoms with Crippen molar-refractivity contribution >= 4 is 11.9 Å². The summed E-state index contributed by atoms with van der Waals surface area (Å²) in [6.45, 7) is 4.17. The lowest BCUT2D eigenvalue weighted by Gasteiger charge is -2.15. The van der Waals surface area contributed by atoms with Crippen molar-refractivity contribution in [3.05, 3.63) is 48.0 Å². The Morgan fingerprint density at radius 3 is 2.75 bits per heavy atom. The molecule has 0 saturated carbocycles. The van der Waals surface area contributed by atoms with E-state index in [1.165, 1.54) is 11.0 Å². The van der Waals surface area contributed by atoms with Crippen molar-refractivity contribution in [2.45, 2.75) is 26.3 Å². The van der Waals surface area contributed by atoms with Gasteiger partial charge in [-0.15, -0.1) is 10.2 Å². The number of aromatic amines is 1. The Balaban J connectivity index is 1.81. The normalized spacial score (nSPS) is 12.3. The van der Waals surface area contributed by atoms with Crippen LogP contribution in [0.2, 0.25) is 0 Å². The molecule has 24 heavy (non-hydrogen) atoms. The number of anilines is 1. The number of benzene rings is 1. The number of H-pyrrole nitrogens is 1. The van der Waals surface area contributed by atoms with Gasteiger partial charge in [-0.3, -0.25) is 15.2 Å². The van der Waals surface area contributed by atoms with Crippen LogP contribution in [-0.4, -0.2) is 41.3 Å². The van der Waals surface area contributed by atoms with Gasteiger partial charge in [-0.25, -0.2) is 4.68 Å². The van der Waals surface area contributed by atoms with Gasteiger partial charge < -0.3 is 0 Å². The molecule has 3 aromatic rings. The Morgan fingerprint density at radius 2 is 2.08 bits per heavy atom. The van der Waals surface area contributed by atoms with E-state index in [0.29, 0.717) is 5.92 Å². The summed E-state index contributed by atoms with van der Waals surface area (Å²) < 4.78 is 1.40. The van der Waals surface area contributed by atoms with Crippen molar-refractivity contribution in [1.82, 2.24) is 35.4 Å². The first kappa shape index (κ1) is 15.8. The van der Waals surface area contributed by atoms with E-state index in [4.69, 9.17) is 0 Å². The van der Waals surface area contributed by atoms with Crippen LogP contribution < -0.4 is 5.32 Å². The van der Waals surface area contributed by atoms with Gasteiger partial charge in [-0.1, -0.05) is 44.2 Å². The van der Waals surface area contributed by atoms with Gasteiger partial charge in [0, 0.05) is 6.42 Å².